The van der Waals surface area contributed by atoms with E-state index in [1.807, 2.05) is 35.2 Å². The molecule has 26 heavy (non-hydrogen) atoms. The molecule has 0 aromatic heterocycles. The lowest BCUT2D eigenvalue weighted by molar-refractivity contribution is -0.384. The Morgan fingerprint density at radius 1 is 1.19 bits per heavy atom. The summed E-state index contributed by atoms with van der Waals surface area (Å²) in [5.41, 5.74) is 1.04. The highest BCUT2D eigenvalue weighted by atomic mass is 32.2. The van der Waals surface area contributed by atoms with E-state index in [9.17, 15) is 14.9 Å². The van der Waals surface area contributed by atoms with Crippen LogP contribution in [0.15, 0.2) is 53.4 Å². The van der Waals surface area contributed by atoms with Gasteiger partial charge in [0.2, 0.25) is 5.91 Å². The van der Waals surface area contributed by atoms with Gasteiger partial charge in [-0.3, -0.25) is 14.9 Å². The molecule has 0 aliphatic carbocycles. The van der Waals surface area contributed by atoms with Crippen LogP contribution >= 0.6 is 11.8 Å². The highest BCUT2D eigenvalue weighted by molar-refractivity contribution is 8.00. The minimum Gasteiger partial charge on any atom is -0.363 e. The summed E-state index contributed by atoms with van der Waals surface area (Å²) in [5.74, 6) is 0.0558. The summed E-state index contributed by atoms with van der Waals surface area (Å²) in [4.78, 5) is 26.2. The van der Waals surface area contributed by atoms with E-state index in [1.54, 1.807) is 12.1 Å². The van der Waals surface area contributed by atoms with Crippen molar-refractivity contribution in [3.63, 3.8) is 0 Å². The molecule has 1 fully saturated rings. The molecule has 0 bridgehead atoms. The molecule has 0 atom stereocenters. The Hall–Kier alpha value is -2.58. The van der Waals surface area contributed by atoms with E-state index in [2.05, 4.69) is 10.6 Å². The minimum atomic E-state index is -0.397. The summed E-state index contributed by atoms with van der Waals surface area (Å²) in [6, 6.07) is 14.5. The van der Waals surface area contributed by atoms with Crippen LogP contribution in [0.4, 0.5) is 17.1 Å². The molecule has 1 aliphatic heterocycles. The Morgan fingerprint density at radius 2 is 1.92 bits per heavy atom. The molecule has 2 aromatic rings. The molecule has 0 unspecified atom stereocenters. The van der Waals surface area contributed by atoms with E-state index >= 15 is 0 Å². The number of hydrogen-bond donors (Lipinski definition) is 2. The minimum absolute atomic E-state index is 0.0143. The van der Waals surface area contributed by atoms with Crippen LogP contribution in [0.1, 0.15) is 0 Å². The summed E-state index contributed by atoms with van der Waals surface area (Å²) in [7, 11) is 0. The van der Waals surface area contributed by atoms with Gasteiger partial charge in [-0.2, -0.15) is 0 Å². The quantitative estimate of drug-likeness (QED) is 0.461. The number of amides is 1. The number of nitro groups is 1. The first-order valence-electron chi connectivity index (χ1n) is 8.35. The van der Waals surface area contributed by atoms with Gasteiger partial charge in [0.25, 0.3) is 5.69 Å². The Kier molecular flexibility index (Phi) is 6.08. The fraction of sp³-hybridized carbons (Fsp3) is 0.278. The number of carbonyl (C=O) groups is 1. The molecule has 7 nitrogen and oxygen atoms in total. The number of thioether (sulfide) groups is 1. The Labute approximate surface area is 155 Å². The van der Waals surface area contributed by atoms with Gasteiger partial charge in [-0.05, 0) is 24.3 Å². The topological polar surface area (TPSA) is 87.5 Å². The number of nitrogens with zero attached hydrogens (tertiary/aromatic N) is 2. The van der Waals surface area contributed by atoms with Crippen LogP contribution in [-0.2, 0) is 4.79 Å². The van der Waals surface area contributed by atoms with E-state index in [-0.39, 0.29) is 17.3 Å². The van der Waals surface area contributed by atoms with Crippen LogP contribution in [0.5, 0.6) is 0 Å². The second-order valence-corrected chi connectivity index (χ2v) is 6.90. The molecule has 0 saturated carbocycles. The molecule has 8 heteroatoms. The summed E-state index contributed by atoms with van der Waals surface area (Å²) in [6.45, 7) is 3.04. The SMILES string of the molecule is O=C(CSc1ccccc1)Nc1ccc(N2CCNCC2)c([N+](=O)[O-])c1. The average molecular weight is 372 g/mol. The molecule has 1 amide bonds. The van der Waals surface area contributed by atoms with Crippen LogP contribution in [0.25, 0.3) is 0 Å². The third-order valence-electron chi connectivity index (χ3n) is 4.03. The smallest absolute Gasteiger partial charge is 0.294 e. The first-order valence-corrected chi connectivity index (χ1v) is 9.34. The number of carbonyl (C=O) groups excluding carboxylic acids is 1. The van der Waals surface area contributed by atoms with E-state index in [4.69, 9.17) is 0 Å². The molecule has 0 spiro atoms. The number of hydrogen-bond acceptors (Lipinski definition) is 6. The van der Waals surface area contributed by atoms with Gasteiger partial charge in [0.1, 0.15) is 5.69 Å². The van der Waals surface area contributed by atoms with Gasteiger partial charge >= 0.3 is 0 Å². The zero-order chi connectivity index (χ0) is 18.4. The Morgan fingerprint density at radius 3 is 2.62 bits per heavy atom. The fourth-order valence-electron chi connectivity index (χ4n) is 2.78. The maximum Gasteiger partial charge on any atom is 0.294 e. The molecule has 1 aliphatic rings. The summed E-state index contributed by atoms with van der Waals surface area (Å²) in [6.07, 6.45) is 0. The Bertz CT molecular complexity index is 779. The van der Waals surface area contributed by atoms with Crippen molar-refractivity contribution in [3.8, 4) is 0 Å². The number of piperazine rings is 1. The van der Waals surface area contributed by atoms with Crippen molar-refractivity contribution < 1.29 is 9.72 Å². The molecule has 2 aromatic carbocycles. The lowest BCUT2D eigenvalue weighted by Crippen LogP contribution is -2.43. The summed E-state index contributed by atoms with van der Waals surface area (Å²) in [5, 5.41) is 17.4. The van der Waals surface area contributed by atoms with Crippen molar-refractivity contribution in [1.29, 1.82) is 0 Å². The second-order valence-electron chi connectivity index (χ2n) is 5.85. The van der Waals surface area contributed by atoms with E-state index in [0.29, 0.717) is 11.4 Å². The van der Waals surface area contributed by atoms with Gasteiger partial charge in [0, 0.05) is 42.8 Å². The summed E-state index contributed by atoms with van der Waals surface area (Å²) < 4.78 is 0. The van der Waals surface area contributed by atoms with Gasteiger partial charge in [-0.1, -0.05) is 18.2 Å². The van der Waals surface area contributed by atoms with E-state index < -0.39 is 4.92 Å². The van der Waals surface area contributed by atoms with E-state index in [0.717, 1.165) is 31.1 Å². The van der Waals surface area contributed by atoms with Gasteiger partial charge in [-0.25, -0.2) is 0 Å². The standard InChI is InChI=1S/C18H20N4O3S/c23-18(13-26-15-4-2-1-3-5-15)20-14-6-7-16(17(12-14)22(24)25)21-10-8-19-9-11-21/h1-7,12,19H,8-11,13H2,(H,20,23). The van der Waals surface area contributed by atoms with Crippen molar-refractivity contribution >= 4 is 34.7 Å². The van der Waals surface area contributed by atoms with Gasteiger partial charge in [-0.15, -0.1) is 11.8 Å². The number of nitrogens with one attached hydrogen (secondary N) is 2. The molecular weight excluding hydrogens is 352 g/mol. The highest BCUT2D eigenvalue weighted by Gasteiger charge is 2.21. The second kappa shape index (κ2) is 8.68. The zero-order valence-electron chi connectivity index (χ0n) is 14.2. The number of anilines is 2. The predicted octanol–water partition coefficient (Wildman–Crippen LogP) is 2.74. The van der Waals surface area contributed by atoms with Crippen molar-refractivity contribution in [1.82, 2.24) is 5.32 Å². The third kappa shape index (κ3) is 4.74. The normalized spacial score (nSPS) is 14.1. The number of nitro benzene ring substituents is 1. The molecule has 2 N–H and O–H groups in total. The first-order chi connectivity index (χ1) is 12.6. The van der Waals surface area contributed by atoms with Gasteiger partial charge < -0.3 is 15.5 Å². The van der Waals surface area contributed by atoms with Crippen LogP contribution in [0.2, 0.25) is 0 Å². The van der Waals surface area contributed by atoms with Crippen LogP contribution in [0.3, 0.4) is 0 Å². The Balaban J connectivity index is 1.67. The number of rotatable bonds is 6. The number of benzene rings is 2. The molecule has 1 heterocycles. The maximum absolute atomic E-state index is 12.1. The zero-order valence-corrected chi connectivity index (χ0v) is 15.0. The van der Waals surface area contributed by atoms with E-state index in [1.165, 1.54) is 17.8 Å². The monoisotopic (exact) mass is 372 g/mol. The van der Waals surface area contributed by atoms with Crippen molar-refractivity contribution in [2.75, 3.05) is 42.1 Å². The maximum atomic E-state index is 12.1. The van der Waals surface area contributed by atoms with Crippen molar-refractivity contribution in [2.24, 2.45) is 0 Å². The lowest BCUT2D eigenvalue weighted by Gasteiger charge is -2.29. The first kappa shape index (κ1) is 18.2. The third-order valence-corrected chi connectivity index (χ3v) is 5.04. The largest absolute Gasteiger partial charge is 0.363 e. The molecule has 136 valence electrons. The van der Waals surface area contributed by atoms with Crippen molar-refractivity contribution in [3.05, 3.63) is 58.6 Å². The fourth-order valence-corrected chi connectivity index (χ4v) is 3.50. The highest BCUT2D eigenvalue weighted by Crippen LogP contribution is 2.31. The molecule has 3 rings (SSSR count). The van der Waals surface area contributed by atoms with Crippen molar-refractivity contribution in [2.45, 2.75) is 4.90 Å². The van der Waals surface area contributed by atoms with Gasteiger partial charge in [0.15, 0.2) is 0 Å². The lowest BCUT2D eigenvalue weighted by atomic mass is 10.2. The molecular formula is C18H20N4O3S. The summed E-state index contributed by atoms with van der Waals surface area (Å²) >= 11 is 1.42. The average Bonchev–Trinajstić information content (AvgIpc) is 2.68. The van der Waals surface area contributed by atoms with Crippen LogP contribution in [0, 0.1) is 10.1 Å². The van der Waals surface area contributed by atoms with Crippen LogP contribution < -0.4 is 15.5 Å². The predicted molar refractivity (Wildman–Crippen MR) is 104 cm³/mol. The van der Waals surface area contributed by atoms with Gasteiger partial charge in [0.05, 0.1) is 10.7 Å². The van der Waals surface area contributed by atoms with Crippen LogP contribution in [-0.4, -0.2) is 42.8 Å². The molecule has 1 saturated heterocycles. The molecule has 0 radical (unpaired) electrons.